The highest BCUT2D eigenvalue weighted by molar-refractivity contribution is 7.99. The number of benzene rings is 1. The van der Waals surface area contributed by atoms with Crippen LogP contribution in [0.4, 0.5) is 0 Å². The summed E-state index contributed by atoms with van der Waals surface area (Å²) in [5.74, 6) is 1.02. The predicted octanol–water partition coefficient (Wildman–Crippen LogP) is 3.42. The standard InChI is InChI=1S/C17H21Cl2N5OS/c1-2-5-23-6-8-24(9-7-23)15(25)11-26-17-20-16(21-22-17)13-4-3-12(18)10-14(13)19/h3-4,10H,2,5-9,11H2,1H3,(H,20,21,22). The van der Waals surface area contributed by atoms with E-state index in [1.54, 1.807) is 18.2 Å². The highest BCUT2D eigenvalue weighted by Crippen LogP contribution is 2.29. The number of hydrogen-bond acceptors (Lipinski definition) is 5. The van der Waals surface area contributed by atoms with Crippen molar-refractivity contribution in [1.82, 2.24) is 25.0 Å². The van der Waals surface area contributed by atoms with E-state index in [9.17, 15) is 4.79 Å². The zero-order valence-corrected chi connectivity index (χ0v) is 16.9. The topological polar surface area (TPSA) is 65.1 Å². The molecule has 1 N–H and O–H groups in total. The SMILES string of the molecule is CCCN1CCN(C(=O)CSc2n[nH]c(-c3ccc(Cl)cc3Cl)n2)CC1. The van der Waals surface area contributed by atoms with Gasteiger partial charge in [0.1, 0.15) is 0 Å². The van der Waals surface area contributed by atoms with Crippen LogP contribution in [0.5, 0.6) is 0 Å². The second-order valence-electron chi connectivity index (χ2n) is 6.10. The van der Waals surface area contributed by atoms with Crippen molar-refractivity contribution in [3.63, 3.8) is 0 Å². The van der Waals surface area contributed by atoms with E-state index in [0.29, 0.717) is 26.8 Å². The Kier molecular flexibility index (Phi) is 6.80. The number of rotatable bonds is 6. The molecule has 6 nitrogen and oxygen atoms in total. The van der Waals surface area contributed by atoms with Crippen molar-refractivity contribution in [1.29, 1.82) is 0 Å². The molecule has 1 amide bonds. The van der Waals surface area contributed by atoms with Crippen LogP contribution in [0.25, 0.3) is 11.4 Å². The maximum atomic E-state index is 12.4. The minimum absolute atomic E-state index is 0.127. The first-order valence-corrected chi connectivity index (χ1v) is 10.3. The summed E-state index contributed by atoms with van der Waals surface area (Å²) < 4.78 is 0. The molecule has 0 atom stereocenters. The second kappa shape index (κ2) is 9.08. The quantitative estimate of drug-likeness (QED) is 0.734. The fourth-order valence-corrected chi connectivity index (χ4v) is 4.07. The van der Waals surface area contributed by atoms with Crippen molar-refractivity contribution < 1.29 is 4.79 Å². The summed E-state index contributed by atoms with van der Waals surface area (Å²) >= 11 is 13.4. The van der Waals surface area contributed by atoms with Gasteiger partial charge in [-0.15, -0.1) is 5.10 Å². The number of H-pyrrole nitrogens is 1. The number of thioether (sulfide) groups is 1. The molecule has 26 heavy (non-hydrogen) atoms. The third kappa shape index (κ3) is 4.91. The van der Waals surface area contributed by atoms with Gasteiger partial charge < -0.3 is 4.90 Å². The van der Waals surface area contributed by atoms with Crippen molar-refractivity contribution in [2.75, 3.05) is 38.5 Å². The Hall–Kier alpha value is -1.28. The van der Waals surface area contributed by atoms with Crippen LogP contribution in [0.3, 0.4) is 0 Å². The molecule has 0 unspecified atom stereocenters. The highest BCUT2D eigenvalue weighted by Gasteiger charge is 2.21. The number of piperazine rings is 1. The smallest absolute Gasteiger partial charge is 0.233 e. The lowest BCUT2D eigenvalue weighted by molar-refractivity contribution is -0.130. The Bertz CT molecular complexity index is 761. The average molecular weight is 414 g/mol. The highest BCUT2D eigenvalue weighted by atomic mass is 35.5. The molecule has 2 heterocycles. The van der Waals surface area contributed by atoms with Crippen molar-refractivity contribution in [2.24, 2.45) is 0 Å². The monoisotopic (exact) mass is 413 g/mol. The third-order valence-electron chi connectivity index (χ3n) is 4.24. The molecule has 3 rings (SSSR count). The first-order valence-electron chi connectivity index (χ1n) is 8.57. The number of nitrogens with zero attached hydrogens (tertiary/aromatic N) is 4. The molecule has 0 saturated carbocycles. The molecule has 0 spiro atoms. The van der Waals surface area contributed by atoms with E-state index in [1.807, 2.05) is 4.90 Å². The molecule has 9 heteroatoms. The summed E-state index contributed by atoms with van der Waals surface area (Å²) in [6.45, 7) is 6.76. The van der Waals surface area contributed by atoms with Crippen LogP contribution in [0.15, 0.2) is 23.4 Å². The van der Waals surface area contributed by atoms with Gasteiger partial charge in [0.05, 0.1) is 10.8 Å². The van der Waals surface area contributed by atoms with E-state index in [1.165, 1.54) is 11.8 Å². The fraction of sp³-hybridized carbons (Fsp3) is 0.471. The molecular weight excluding hydrogens is 393 g/mol. The van der Waals surface area contributed by atoms with Crippen LogP contribution in [-0.4, -0.2) is 69.4 Å². The van der Waals surface area contributed by atoms with Gasteiger partial charge in [0.2, 0.25) is 11.1 Å². The van der Waals surface area contributed by atoms with Gasteiger partial charge in [-0.05, 0) is 31.2 Å². The average Bonchev–Trinajstić information content (AvgIpc) is 3.09. The summed E-state index contributed by atoms with van der Waals surface area (Å²) in [5, 5.41) is 8.63. The van der Waals surface area contributed by atoms with E-state index in [4.69, 9.17) is 23.2 Å². The van der Waals surface area contributed by atoms with Crippen molar-refractivity contribution >= 4 is 40.9 Å². The molecule has 0 radical (unpaired) electrons. The van der Waals surface area contributed by atoms with E-state index >= 15 is 0 Å². The molecule has 1 saturated heterocycles. The molecule has 0 aliphatic carbocycles. The van der Waals surface area contributed by atoms with Crippen molar-refractivity contribution in [3.05, 3.63) is 28.2 Å². The maximum Gasteiger partial charge on any atom is 0.233 e. The first kappa shape index (κ1) is 19.5. The third-order valence-corrected chi connectivity index (χ3v) is 5.62. The lowest BCUT2D eigenvalue weighted by atomic mass is 10.2. The van der Waals surface area contributed by atoms with E-state index in [2.05, 4.69) is 27.0 Å². The Morgan fingerprint density at radius 3 is 2.73 bits per heavy atom. The zero-order chi connectivity index (χ0) is 18.5. The number of hydrogen-bond donors (Lipinski definition) is 1. The molecule has 140 valence electrons. The van der Waals surface area contributed by atoms with Gasteiger partial charge in [-0.2, -0.15) is 0 Å². The molecule has 0 bridgehead atoms. The molecule has 1 aliphatic heterocycles. The Morgan fingerprint density at radius 1 is 1.27 bits per heavy atom. The minimum atomic E-state index is 0.127. The molecule has 1 aliphatic rings. The number of aromatic nitrogens is 3. The second-order valence-corrected chi connectivity index (χ2v) is 7.89. The number of carbonyl (C=O) groups excluding carboxylic acids is 1. The molecule has 1 aromatic heterocycles. The molecule has 1 fully saturated rings. The van der Waals surface area contributed by atoms with Crippen molar-refractivity contribution in [2.45, 2.75) is 18.5 Å². The number of aromatic amines is 1. The van der Waals surface area contributed by atoms with Crippen LogP contribution in [-0.2, 0) is 4.79 Å². The van der Waals surface area contributed by atoms with E-state index < -0.39 is 0 Å². The Labute approximate surface area is 167 Å². The predicted molar refractivity (Wildman–Crippen MR) is 106 cm³/mol. The summed E-state index contributed by atoms with van der Waals surface area (Å²) in [7, 11) is 0. The summed E-state index contributed by atoms with van der Waals surface area (Å²) in [6.07, 6.45) is 1.15. The summed E-state index contributed by atoms with van der Waals surface area (Å²) in [5.41, 5.74) is 0.730. The summed E-state index contributed by atoms with van der Waals surface area (Å²) in [6, 6.07) is 5.20. The van der Waals surface area contributed by atoms with Gasteiger partial charge in [-0.1, -0.05) is 41.9 Å². The van der Waals surface area contributed by atoms with Gasteiger partial charge in [0, 0.05) is 36.8 Å². The van der Waals surface area contributed by atoms with Gasteiger partial charge in [-0.25, -0.2) is 4.98 Å². The Balaban J connectivity index is 1.53. The van der Waals surface area contributed by atoms with Gasteiger partial charge in [0.15, 0.2) is 5.82 Å². The van der Waals surface area contributed by atoms with Crippen LogP contribution >= 0.6 is 35.0 Å². The molecular formula is C17H21Cl2N5OS. The number of nitrogens with one attached hydrogen (secondary N) is 1. The molecule has 1 aromatic carbocycles. The number of halogens is 2. The largest absolute Gasteiger partial charge is 0.339 e. The normalized spacial score (nSPS) is 15.4. The van der Waals surface area contributed by atoms with E-state index in [0.717, 1.165) is 44.7 Å². The van der Waals surface area contributed by atoms with Gasteiger partial charge in [-0.3, -0.25) is 14.8 Å². The van der Waals surface area contributed by atoms with Gasteiger partial charge in [0.25, 0.3) is 0 Å². The Morgan fingerprint density at radius 2 is 2.04 bits per heavy atom. The van der Waals surface area contributed by atoms with Crippen LogP contribution in [0.2, 0.25) is 10.0 Å². The van der Waals surface area contributed by atoms with E-state index in [-0.39, 0.29) is 5.91 Å². The van der Waals surface area contributed by atoms with Crippen molar-refractivity contribution in [3.8, 4) is 11.4 Å². The zero-order valence-electron chi connectivity index (χ0n) is 14.5. The molecule has 2 aromatic rings. The first-order chi connectivity index (χ1) is 12.6. The summed E-state index contributed by atoms with van der Waals surface area (Å²) in [4.78, 5) is 21.1. The van der Waals surface area contributed by atoms with Gasteiger partial charge >= 0.3 is 0 Å². The number of amides is 1. The lowest BCUT2D eigenvalue weighted by Gasteiger charge is -2.34. The minimum Gasteiger partial charge on any atom is -0.339 e. The fourth-order valence-electron chi connectivity index (χ4n) is 2.87. The maximum absolute atomic E-state index is 12.4. The van der Waals surface area contributed by atoms with Crippen LogP contribution in [0, 0.1) is 0 Å². The van der Waals surface area contributed by atoms with Crippen LogP contribution < -0.4 is 0 Å². The van der Waals surface area contributed by atoms with Crippen LogP contribution in [0.1, 0.15) is 13.3 Å². The number of carbonyl (C=O) groups is 1. The lowest BCUT2D eigenvalue weighted by Crippen LogP contribution is -2.49.